The fourth-order valence-corrected chi connectivity index (χ4v) is 3.09. The maximum Gasteiger partial charge on any atom is 0.320 e. The van der Waals surface area contributed by atoms with Crippen LogP contribution in [-0.4, -0.2) is 22.5 Å². The van der Waals surface area contributed by atoms with Crippen LogP contribution in [0.2, 0.25) is 0 Å². The summed E-state index contributed by atoms with van der Waals surface area (Å²) in [7, 11) is 0. The molecule has 1 aliphatic heterocycles. The van der Waals surface area contributed by atoms with Gasteiger partial charge in [-0.2, -0.15) is 0 Å². The maximum absolute atomic E-state index is 11.5. The van der Waals surface area contributed by atoms with Crippen molar-refractivity contribution in [2.75, 3.05) is 11.4 Å². The first-order chi connectivity index (χ1) is 11.7. The van der Waals surface area contributed by atoms with E-state index < -0.39 is 6.03 Å². The van der Waals surface area contributed by atoms with Gasteiger partial charge in [-0.1, -0.05) is 13.8 Å². The number of primary amides is 1. The minimum atomic E-state index is -0.432. The zero-order chi connectivity index (χ0) is 17.1. The third-order valence-corrected chi connectivity index (χ3v) is 4.43. The van der Waals surface area contributed by atoms with Crippen LogP contribution in [0.1, 0.15) is 50.2 Å². The Hall–Kier alpha value is -2.43. The second-order valence-corrected chi connectivity index (χ2v) is 6.08. The van der Waals surface area contributed by atoms with Gasteiger partial charge in [0, 0.05) is 36.3 Å². The van der Waals surface area contributed by atoms with Crippen LogP contribution in [0.25, 0.3) is 11.1 Å². The van der Waals surface area contributed by atoms with E-state index in [1.807, 2.05) is 32.4 Å². The topological polar surface area (TPSA) is 72.1 Å². The Bertz CT molecular complexity index is 740. The summed E-state index contributed by atoms with van der Waals surface area (Å²) in [6.45, 7) is 4.65. The molecule has 0 unspecified atom stereocenters. The van der Waals surface area contributed by atoms with Crippen molar-refractivity contribution in [3.8, 4) is 11.1 Å². The Labute approximate surface area is 142 Å². The molecule has 0 bridgehead atoms. The number of urea groups is 1. The molecule has 2 aliphatic rings. The van der Waals surface area contributed by atoms with E-state index in [9.17, 15) is 4.79 Å². The number of nitrogens with two attached hydrogens (primary N) is 1. The Morgan fingerprint density at radius 2 is 1.92 bits per heavy atom. The molecule has 2 aromatic heterocycles. The Morgan fingerprint density at radius 3 is 2.62 bits per heavy atom. The van der Waals surface area contributed by atoms with E-state index in [1.54, 1.807) is 4.90 Å². The molecule has 24 heavy (non-hydrogen) atoms. The molecule has 0 saturated heterocycles. The summed E-state index contributed by atoms with van der Waals surface area (Å²) in [6, 6.07) is 3.90. The second kappa shape index (κ2) is 6.99. The van der Waals surface area contributed by atoms with Crippen molar-refractivity contribution in [1.29, 1.82) is 0 Å². The molecule has 126 valence electrons. The van der Waals surface area contributed by atoms with Crippen molar-refractivity contribution >= 4 is 11.8 Å². The van der Waals surface area contributed by atoms with Crippen molar-refractivity contribution in [1.82, 2.24) is 9.97 Å². The van der Waals surface area contributed by atoms with Gasteiger partial charge in [0.25, 0.3) is 0 Å². The lowest BCUT2D eigenvalue weighted by Gasteiger charge is -2.26. The molecule has 0 spiro atoms. The lowest BCUT2D eigenvalue weighted by Crippen LogP contribution is -2.40. The van der Waals surface area contributed by atoms with Crippen LogP contribution >= 0.6 is 0 Å². The van der Waals surface area contributed by atoms with Gasteiger partial charge in [0.1, 0.15) is 5.82 Å². The summed E-state index contributed by atoms with van der Waals surface area (Å²) in [5, 5.41) is 0. The lowest BCUT2D eigenvalue weighted by atomic mass is 10.00. The average Bonchev–Trinajstić information content (AvgIpc) is 3.47. The number of nitrogens with zero attached hydrogens (tertiary/aromatic N) is 3. The van der Waals surface area contributed by atoms with Gasteiger partial charge in [0.15, 0.2) is 0 Å². The highest BCUT2D eigenvalue weighted by Gasteiger charge is 2.25. The molecule has 2 aromatic rings. The standard InChI is InChI=1S/C17H18N4O.C2H6/c18-17(22)21-5-1-2-12-6-15(10-20-16(12)21)14-7-13(8-19-9-14)11-3-4-11;1-2/h6-11H,1-5H2,(H2,18,22);1-2H3. The second-order valence-electron chi connectivity index (χ2n) is 6.08. The highest BCUT2D eigenvalue weighted by molar-refractivity contribution is 5.91. The average molecular weight is 324 g/mol. The number of aromatic nitrogens is 2. The van der Waals surface area contributed by atoms with E-state index in [1.165, 1.54) is 18.4 Å². The molecule has 0 radical (unpaired) electrons. The highest BCUT2D eigenvalue weighted by atomic mass is 16.2. The normalized spacial score (nSPS) is 16.0. The van der Waals surface area contributed by atoms with Crippen LogP contribution in [0.15, 0.2) is 30.7 Å². The molecule has 2 amide bonds. The van der Waals surface area contributed by atoms with Gasteiger partial charge in [0.2, 0.25) is 0 Å². The van der Waals surface area contributed by atoms with E-state index in [4.69, 9.17) is 5.73 Å². The van der Waals surface area contributed by atoms with Gasteiger partial charge >= 0.3 is 6.03 Å². The van der Waals surface area contributed by atoms with Crippen molar-refractivity contribution in [3.63, 3.8) is 0 Å². The van der Waals surface area contributed by atoms with Gasteiger partial charge in [-0.3, -0.25) is 9.88 Å². The number of pyridine rings is 2. The van der Waals surface area contributed by atoms with Gasteiger partial charge in [-0.25, -0.2) is 9.78 Å². The number of carbonyl (C=O) groups is 1. The maximum atomic E-state index is 11.5. The van der Waals surface area contributed by atoms with Gasteiger partial charge in [-0.15, -0.1) is 0 Å². The molecule has 2 N–H and O–H groups in total. The summed E-state index contributed by atoms with van der Waals surface area (Å²) in [4.78, 5) is 21.9. The lowest BCUT2D eigenvalue weighted by molar-refractivity contribution is 0.253. The first kappa shape index (κ1) is 16.4. The molecule has 0 atom stereocenters. The van der Waals surface area contributed by atoms with E-state index in [-0.39, 0.29) is 0 Å². The number of hydrogen-bond acceptors (Lipinski definition) is 3. The molecule has 4 rings (SSSR count). The summed E-state index contributed by atoms with van der Waals surface area (Å²) in [6.07, 6.45) is 10.0. The minimum Gasteiger partial charge on any atom is -0.351 e. The number of aryl methyl sites for hydroxylation is 1. The summed E-state index contributed by atoms with van der Waals surface area (Å²) in [5.74, 6) is 1.39. The van der Waals surface area contributed by atoms with Crippen LogP contribution in [0.5, 0.6) is 0 Å². The van der Waals surface area contributed by atoms with Crippen LogP contribution in [-0.2, 0) is 6.42 Å². The zero-order valence-corrected chi connectivity index (χ0v) is 14.3. The van der Waals surface area contributed by atoms with Crippen molar-refractivity contribution in [2.24, 2.45) is 5.73 Å². The molecule has 1 aliphatic carbocycles. The predicted octanol–water partition coefficient (Wildman–Crippen LogP) is 3.88. The van der Waals surface area contributed by atoms with E-state index in [2.05, 4.69) is 22.1 Å². The van der Waals surface area contributed by atoms with Gasteiger partial charge in [-0.05, 0) is 54.9 Å². The predicted molar refractivity (Wildman–Crippen MR) is 96.0 cm³/mol. The quantitative estimate of drug-likeness (QED) is 0.911. The monoisotopic (exact) mass is 324 g/mol. The fraction of sp³-hybridized carbons (Fsp3) is 0.421. The zero-order valence-electron chi connectivity index (χ0n) is 14.3. The number of hydrogen-bond donors (Lipinski definition) is 1. The largest absolute Gasteiger partial charge is 0.351 e. The number of amides is 2. The highest BCUT2D eigenvalue weighted by Crippen LogP contribution is 2.40. The number of carbonyl (C=O) groups excluding carboxylic acids is 1. The van der Waals surface area contributed by atoms with Crippen molar-refractivity contribution < 1.29 is 4.79 Å². The molecular formula is C19H24N4O. The summed E-state index contributed by atoms with van der Waals surface area (Å²) in [5.41, 5.74) is 9.97. The van der Waals surface area contributed by atoms with Crippen LogP contribution in [0.3, 0.4) is 0 Å². The third-order valence-electron chi connectivity index (χ3n) is 4.43. The van der Waals surface area contributed by atoms with E-state index >= 15 is 0 Å². The third kappa shape index (κ3) is 3.25. The SMILES string of the molecule is CC.NC(=O)N1CCCc2cc(-c3cncc(C4CC4)c3)cnc21. The number of fused-ring (bicyclic) bond motifs is 1. The Morgan fingerprint density at radius 1 is 1.17 bits per heavy atom. The van der Waals surface area contributed by atoms with Gasteiger partial charge < -0.3 is 5.73 Å². The van der Waals surface area contributed by atoms with Crippen LogP contribution in [0.4, 0.5) is 10.6 Å². The molecule has 3 heterocycles. The van der Waals surface area contributed by atoms with Crippen molar-refractivity contribution in [2.45, 2.75) is 45.4 Å². The first-order valence-corrected chi connectivity index (χ1v) is 8.73. The summed E-state index contributed by atoms with van der Waals surface area (Å²) < 4.78 is 0. The number of rotatable bonds is 2. The smallest absolute Gasteiger partial charge is 0.320 e. The summed E-state index contributed by atoms with van der Waals surface area (Å²) >= 11 is 0. The molecule has 1 fully saturated rings. The van der Waals surface area contributed by atoms with Gasteiger partial charge in [0.05, 0.1) is 0 Å². The molecule has 0 aromatic carbocycles. The minimum absolute atomic E-state index is 0.432. The van der Waals surface area contributed by atoms with E-state index in [0.29, 0.717) is 18.3 Å². The molecule has 1 saturated carbocycles. The first-order valence-electron chi connectivity index (χ1n) is 8.73. The van der Waals surface area contributed by atoms with Crippen LogP contribution in [0, 0.1) is 0 Å². The Balaban J connectivity index is 0.000000815. The molecule has 5 nitrogen and oxygen atoms in total. The van der Waals surface area contributed by atoms with Crippen molar-refractivity contribution in [3.05, 3.63) is 41.9 Å². The molecule has 5 heteroatoms. The van der Waals surface area contributed by atoms with E-state index in [0.717, 1.165) is 29.5 Å². The molecular weight excluding hydrogens is 300 g/mol. The van der Waals surface area contributed by atoms with Crippen LogP contribution < -0.4 is 10.6 Å². The fourth-order valence-electron chi connectivity index (χ4n) is 3.09. The number of anilines is 1. The Kier molecular flexibility index (Phi) is 4.79.